The van der Waals surface area contributed by atoms with Crippen molar-refractivity contribution >= 4 is 27.6 Å². The lowest BCUT2D eigenvalue weighted by Crippen LogP contribution is -1.97. The number of rotatable bonds is 8. The molecule has 0 N–H and O–H groups in total. The van der Waals surface area contributed by atoms with Crippen molar-refractivity contribution in [3.8, 4) is 5.75 Å². The van der Waals surface area contributed by atoms with Crippen molar-refractivity contribution in [1.82, 2.24) is 0 Å². The Labute approximate surface area is 135 Å². The first kappa shape index (κ1) is 16.7. The summed E-state index contributed by atoms with van der Waals surface area (Å²) in [6.07, 6.45) is 4.72. The Morgan fingerprint density at radius 3 is 2.59 bits per heavy atom. The van der Waals surface area contributed by atoms with Gasteiger partial charge in [-0.15, -0.1) is 11.3 Å². The topological polar surface area (TPSA) is 55.7 Å². The molecular weight excluding hydrogens is 318 g/mol. The van der Waals surface area contributed by atoms with Gasteiger partial charge < -0.3 is 4.74 Å². The Morgan fingerprint density at radius 1 is 1.18 bits per heavy atom. The van der Waals surface area contributed by atoms with E-state index < -0.39 is 10.0 Å². The van der Waals surface area contributed by atoms with Crippen molar-refractivity contribution < 1.29 is 13.2 Å². The minimum absolute atomic E-state index is 0.250. The third kappa shape index (κ3) is 4.96. The van der Waals surface area contributed by atoms with Crippen LogP contribution in [0.25, 0.3) is 0 Å². The maximum atomic E-state index is 11.9. The number of benzene rings is 1. The summed E-state index contributed by atoms with van der Waals surface area (Å²) in [5.41, 5.74) is 0.723. The average molecular weight is 337 g/mol. The van der Waals surface area contributed by atoms with E-state index in [9.17, 15) is 8.42 Å². The van der Waals surface area contributed by atoms with Gasteiger partial charge in [0.1, 0.15) is 9.96 Å². The minimum atomic E-state index is -3.59. The molecule has 0 aliphatic heterocycles. The van der Waals surface area contributed by atoms with Gasteiger partial charge in [0.25, 0.3) is 10.0 Å². The molecule has 2 rings (SSSR count). The average Bonchev–Trinajstić information content (AvgIpc) is 3.06. The van der Waals surface area contributed by atoms with Gasteiger partial charge in [-0.25, -0.2) is 0 Å². The van der Waals surface area contributed by atoms with Crippen LogP contribution in [0.15, 0.2) is 50.4 Å². The summed E-state index contributed by atoms with van der Waals surface area (Å²) >= 11 is 1.16. The van der Waals surface area contributed by atoms with Crippen molar-refractivity contribution in [2.75, 3.05) is 6.61 Å². The van der Waals surface area contributed by atoms with Gasteiger partial charge in [0.15, 0.2) is 0 Å². The molecule has 4 nitrogen and oxygen atoms in total. The highest BCUT2D eigenvalue weighted by atomic mass is 32.2. The van der Waals surface area contributed by atoms with Crippen LogP contribution in [0, 0.1) is 0 Å². The molecule has 0 aliphatic rings. The van der Waals surface area contributed by atoms with Crippen LogP contribution in [0.5, 0.6) is 5.75 Å². The second-order valence-electron chi connectivity index (χ2n) is 4.77. The maximum Gasteiger partial charge on any atom is 0.291 e. The van der Waals surface area contributed by atoms with Crippen LogP contribution >= 0.6 is 11.3 Å². The standard InChI is InChI=1S/C16H19NO3S2/c1-2-3-4-11-20-15-9-7-14(8-10-15)13-17-22(18,19)16-6-5-12-21-16/h5-10,12-13H,2-4,11H2,1H3/b17-13-. The minimum Gasteiger partial charge on any atom is -0.494 e. The van der Waals surface area contributed by atoms with Gasteiger partial charge in [0, 0.05) is 6.21 Å². The molecular formula is C16H19NO3S2. The lowest BCUT2D eigenvalue weighted by atomic mass is 10.2. The zero-order valence-electron chi connectivity index (χ0n) is 12.4. The Hall–Kier alpha value is -1.66. The first-order chi connectivity index (χ1) is 10.6. The molecule has 0 fully saturated rings. The molecule has 0 saturated carbocycles. The fourth-order valence-corrected chi connectivity index (χ4v) is 3.63. The van der Waals surface area contributed by atoms with Gasteiger partial charge in [-0.2, -0.15) is 12.8 Å². The SMILES string of the molecule is CCCCCOc1ccc(/C=N\S(=O)(=O)c2cccs2)cc1. The quantitative estimate of drug-likeness (QED) is 0.538. The summed E-state index contributed by atoms with van der Waals surface area (Å²) < 4.78 is 33.4. The zero-order valence-corrected chi connectivity index (χ0v) is 14.1. The van der Waals surface area contributed by atoms with Gasteiger partial charge in [0.2, 0.25) is 0 Å². The number of nitrogens with zero attached hydrogens (tertiary/aromatic N) is 1. The number of thiophene rings is 1. The molecule has 0 unspecified atom stereocenters. The molecule has 1 aromatic heterocycles. The summed E-state index contributed by atoms with van der Waals surface area (Å²) in [6.45, 7) is 2.85. The van der Waals surface area contributed by atoms with E-state index in [1.165, 1.54) is 6.21 Å². The molecule has 118 valence electrons. The van der Waals surface area contributed by atoms with Crippen LogP contribution in [0.4, 0.5) is 0 Å². The molecule has 2 aromatic rings. The van der Waals surface area contributed by atoms with Crippen molar-refractivity contribution in [3.63, 3.8) is 0 Å². The normalized spacial score (nSPS) is 11.9. The molecule has 0 saturated heterocycles. The molecule has 0 atom stereocenters. The predicted octanol–water partition coefficient (Wildman–Crippen LogP) is 4.12. The molecule has 6 heteroatoms. The molecule has 0 spiro atoms. The van der Waals surface area contributed by atoms with E-state index in [2.05, 4.69) is 11.3 Å². The highest BCUT2D eigenvalue weighted by molar-refractivity contribution is 7.92. The molecule has 0 amide bonds. The van der Waals surface area contributed by atoms with Crippen LogP contribution in [0.2, 0.25) is 0 Å². The molecule has 1 aromatic carbocycles. The lowest BCUT2D eigenvalue weighted by molar-refractivity contribution is 0.306. The summed E-state index contributed by atoms with van der Waals surface area (Å²) in [6, 6.07) is 10.5. The van der Waals surface area contributed by atoms with Crippen molar-refractivity contribution in [1.29, 1.82) is 0 Å². The van der Waals surface area contributed by atoms with Crippen LogP contribution in [-0.4, -0.2) is 21.2 Å². The second-order valence-corrected chi connectivity index (χ2v) is 7.57. The summed E-state index contributed by atoms with van der Waals surface area (Å²) in [5, 5.41) is 1.72. The predicted molar refractivity (Wildman–Crippen MR) is 90.6 cm³/mol. The molecule has 22 heavy (non-hydrogen) atoms. The van der Waals surface area contributed by atoms with E-state index in [4.69, 9.17) is 4.74 Å². The van der Waals surface area contributed by atoms with Crippen molar-refractivity contribution in [2.45, 2.75) is 30.4 Å². The fraction of sp³-hybridized carbons (Fsp3) is 0.312. The van der Waals surface area contributed by atoms with E-state index in [0.717, 1.165) is 41.9 Å². The fourth-order valence-electron chi connectivity index (χ4n) is 1.78. The van der Waals surface area contributed by atoms with Crippen molar-refractivity contribution in [2.24, 2.45) is 4.40 Å². The smallest absolute Gasteiger partial charge is 0.291 e. The lowest BCUT2D eigenvalue weighted by Gasteiger charge is -2.05. The molecule has 0 aliphatic carbocycles. The van der Waals surface area contributed by atoms with E-state index >= 15 is 0 Å². The van der Waals surface area contributed by atoms with Gasteiger partial charge in [-0.05, 0) is 47.7 Å². The van der Waals surface area contributed by atoms with E-state index in [-0.39, 0.29) is 4.21 Å². The van der Waals surface area contributed by atoms with Gasteiger partial charge >= 0.3 is 0 Å². The molecule has 0 bridgehead atoms. The van der Waals surface area contributed by atoms with E-state index in [1.807, 2.05) is 12.1 Å². The first-order valence-electron chi connectivity index (χ1n) is 7.18. The van der Waals surface area contributed by atoms with Gasteiger partial charge in [-0.3, -0.25) is 0 Å². The number of sulfonamides is 1. The number of unbranched alkanes of at least 4 members (excludes halogenated alkanes) is 2. The Kier molecular flexibility index (Phi) is 6.15. The highest BCUT2D eigenvalue weighted by Gasteiger charge is 2.12. The Balaban J connectivity index is 1.95. The second kappa shape index (κ2) is 8.10. The first-order valence-corrected chi connectivity index (χ1v) is 9.50. The third-order valence-electron chi connectivity index (χ3n) is 2.99. The highest BCUT2D eigenvalue weighted by Crippen LogP contribution is 2.18. The number of hydrogen-bond acceptors (Lipinski definition) is 4. The largest absolute Gasteiger partial charge is 0.494 e. The van der Waals surface area contributed by atoms with E-state index in [0.29, 0.717) is 6.61 Å². The molecule has 1 heterocycles. The summed E-state index contributed by atoms with van der Waals surface area (Å²) in [5.74, 6) is 0.786. The molecule has 0 radical (unpaired) electrons. The summed E-state index contributed by atoms with van der Waals surface area (Å²) in [4.78, 5) is 0. The van der Waals surface area contributed by atoms with Gasteiger partial charge in [0.05, 0.1) is 6.61 Å². The van der Waals surface area contributed by atoms with Crippen LogP contribution < -0.4 is 4.74 Å². The monoisotopic (exact) mass is 337 g/mol. The van der Waals surface area contributed by atoms with Crippen LogP contribution in [-0.2, 0) is 10.0 Å². The van der Waals surface area contributed by atoms with Gasteiger partial charge in [-0.1, -0.05) is 25.8 Å². The number of ether oxygens (including phenoxy) is 1. The zero-order chi connectivity index (χ0) is 15.8. The van der Waals surface area contributed by atoms with E-state index in [1.54, 1.807) is 29.6 Å². The maximum absolute atomic E-state index is 11.9. The Bertz CT molecular complexity index is 690. The third-order valence-corrected chi connectivity index (χ3v) is 5.60. The van der Waals surface area contributed by atoms with Crippen LogP contribution in [0.1, 0.15) is 31.7 Å². The van der Waals surface area contributed by atoms with Crippen molar-refractivity contribution in [3.05, 3.63) is 47.3 Å². The van der Waals surface area contributed by atoms with Crippen LogP contribution in [0.3, 0.4) is 0 Å². The Morgan fingerprint density at radius 2 is 1.95 bits per heavy atom. The number of hydrogen-bond donors (Lipinski definition) is 0. The summed E-state index contributed by atoms with van der Waals surface area (Å²) in [7, 11) is -3.59.